The van der Waals surface area contributed by atoms with E-state index in [1.54, 1.807) is 18.6 Å². The molecule has 130 valence electrons. The number of carboxylic acid groups (broad SMARTS) is 1. The predicted molar refractivity (Wildman–Crippen MR) is 87.7 cm³/mol. The van der Waals surface area contributed by atoms with Crippen LogP contribution in [-0.2, 0) is 9.59 Å². The second kappa shape index (κ2) is 6.79. The Labute approximate surface area is 137 Å². The summed E-state index contributed by atoms with van der Waals surface area (Å²) in [5, 5.41) is 19.0. The Kier molecular flexibility index (Phi) is 5.38. The molecular weight excluding hydrogens is 297 g/mol. The third-order valence-corrected chi connectivity index (χ3v) is 5.51. The van der Waals surface area contributed by atoms with Crippen molar-refractivity contribution in [3.05, 3.63) is 0 Å². The van der Waals surface area contributed by atoms with E-state index in [1.165, 1.54) is 0 Å². The Hall–Kier alpha value is -1.12. The summed E-state index contributed by atoms with van der Waals surface area (Å²) in [5.74, 6) is -0.989. The minimum atomic E-state index is -1.22. The second-order valence-corrected chi connectivity index (χ2v) is 7.39. The molecule has 6 N–H and O–H groups in total. The van der Waals surface area contributed by atoms with E-state index in [4.69, 9.17) is 11.5 Å². The molecule has 0 aromatic carbocycles. The Morgan fingerprint density at radius 1 is 1.43 bits per heavy atom. The quantitative estimate of drug-likeness (QED) is 0.492. The van der Waals surface area contributed by atoms with E-state index >= 15 is 0 Å². The van der Waals surface area contributed by atoms with Crippen molar-refractivity contribution in [2.45, 2.75) is 50.9 Å². The molecule has 2 fully saturated rings. The number of nitrogens with two attached hydrogens (primary N) is 2. The van der Waals surface area contributed by atoms with E-state index in [9.17, 15) is 19.7 Å². The van der Waals surface area contributed by atoms with Crippen LogP contribution in [0.15, 0.2) is 0 Å². The van der Waals surface area contributed by atoms with Crippen LogP contribution in [0.2, 0.25) is 13.1 Å². The molecule has 0 spiro atoms. The number of aliphatic carboxylic acids is 1. The molecule has 0 aromatic heterocycles. The van der Waals surface area contributed by atoms with Crippen LogP contribution in [0.4, 0.5) is 0 Å². The van der Waals surface area contributed by atoms with Crippen molar-refractivity contribution >= 4 is 18.8 Å². The highest BCUT2D eigenvalue weighted by molar-refractivity contribution is 6.48. The van der Waals surface area contributed by atoms with Crippen LogP contribution in [0.5, 0.6) is 0 Å². The van der Waals surface area contributed by atoms with Crippen molar-refractivity contribution in [2.24, 2.45) is 29.2 Å². The first-order chi connectivity index (χ1) is 10.7. The van der Waals surface area contributed by atoms with Crippen LogP contribution in [-0.4, -0.2) is 58.5 Å². The van der Waals surface area contributed by atoms with Crippen LogP contribution < -0.4 is 11.5 Å². The summed E-state index contributed by atoms with van der Waals surface area (Å²) in [5.41, 5.74) is 10.7. The van der Waals surface area contributed by atoms with Crippen molar-refractivity contribution in [1.82, 2.24) is 4.90 Å². The topological polar surface area (TPSA) is 130 Å². The van der Waals surface area contributed by atoms with E-state index < -0.39 is 24.5 Å². The molecule has 23 heavy (non-hydrogen) atoms. The number of nitrogens with zero attached hydrogens (tertiary/aromatic N) is 1. The zero-order chi connectivity index (χ0) is 17.4. The maximum Gasteiger partial charge on any atom is 0.323 e. The van der Waals surface area contributed by atoms with Gasteiger partial charge >= 0.3 is 5.97 Å². The maximum absolute atomic E-state index is 12.1. The number of hydrogen-bond donors (Lipinski definition) is 4. The molecule has 0 radical (unpaired) electrons. The number of rotatable bonds is 6. The molecule has 0 unspecified atom stereocenters. The first-order valence-corrected chi connectivity index (χ1v) is 8.41. The smallest absolute Gasteiger partial charge is 0.323 e. The Morgan fingerprint density at radius 2 is 2.09 bits per heavy atom. The highest BCUT2D eigenvalue weighted by Gasteiger charge is 2.58. The van der Waals surface area contributed by atoms with Gasteiger partial charge in [0, 0.05) is 13.1 Å². The summed E-state index contributed by atoms with van der Waals surface area (Å²) in [6.07, 6.45) is 2.43. The molecule has 1 amide bonds. The van der Waals surface area contributed by atoms with Gasteiger partial charge in [-0.15, -0.1) is 0 Å². The number of carbonyl (C=O) groups excluding carboxylic acids is 1. The molecule has 5 atom stereocenters. The van der Waals surface area contributed by atoms with Crippen molar-refractivity contribution < 1.29 is 19.7 Å². The first kappa shape index (κ1) is 18.2. The summed E-state index contributed by atoms with van der Waals surface area (Å²) in [6, 6.07) is -0.537. The van der Waals surface area contributed by atoms with Crippen molar-refractivity contribution in [2.75, 3.05) is 13.1 Å². The molecule has 0 bridgehead atoms. The standard InChI is InChI=1S/C15H28BN3O4/c1-9(17)13(20)19-7-10-6-15(18,14(21)22)12(11(10)8-19)4-3-5-16(2)23/h9-12,23H,3-8,17-18H2,1-2H3,(H,21,22)/t9-,10-,11+,12-,15-/m0/s1. The summed E-state index contributed by atoms with van der Waals surface area (Å²) in [7, 11) is 0. The van der Waals surface area contributed by atoms with Gasteiger partial charge in [0.05, 0.1) is 6.04 Å². The molecule has 2 rings (SSSR count). The molecule has 0 aromatic rings. The maximum atomic E-state index is 12.1. The largest absolute Gasteiger partial charge is 0.480 e. The monoisotopic (exact) mass is 325 g/mol. The zero-order valence-corrected chi connectivity index (χ0v) is 13.9. The van der Waals surface area contributed by atoms with Crippen LogP contribution >= 0.6 is 0 Å². The molecular formula is C15H28BN3O4. The van der Waals surface area contributed by atoms with Crippen molar-refractivity contribution in [1.29, 1.82) is 0 Å². The highest BCUT2D eigenvalue weighted by Crippen LogP contribution is 2.49. The fourth-order valence-electron chi connectivity index (χ4n) is 4.35. The number of carbonyl (C=O) groups is 2. The predicted octanol–water partition coefficient (Wildman–Crippen LogP) is -0.396. The number of fused-ring (bicyclic) bond motifs is 1. The van der Waals surface area contributed by atoms with Gasteiger partial charge in [-0.3, -0.25) is 9.59 Å². The van der Waals surface area contributed by atoms with Crippen LogP contribution in [0.25, 0.3) is 0 Å². The molecule has 1 saturated carbocycles. The Morgan fingerprint density at radius 3 is 2.61 bits per heavy atom. The summed E-state index contributed by atoms with van der Waals surface area (Å²) in [4.78, 5) is 25.6. The van der Waals surface area contributed by atoms with E-state index in [0.29, 0.717) is 32.3 Å². The highest BCUT2D eigenvalue weighted by atomic mass is 16.4. The normalized spacial score (nSPS) is 34.3. The van der Waals surface area contributed by atoms with Crippen molar-refractivity contribution in [3.63, 3.8) is 0 Å². The van der Waals surface area contributed by atoms with Gasteiger partial charge in [0.2, 0.25) is 5.91 Å². The van der Waals surface area contributed by atoms with Gasteiger partial charge in [-0.05, 0) is 43.8 Å². The van der Waals surface area contributed by atoms with Gasteiger partial charge in [0.25, 0.3) is 6.92 Å². The number of amides is 1. The third kappa shape index (κ3) is 3.54. The molecule has 1 aliphatic carbocycles. The summed E-state index contributed by atoms with van der Waals surface area (Å²) >= 11 is 0. The average Bonchev–Trinajstić information content (AvgIpc) is 2.95. The summed E-state index contributed by atoms with van der Waals surface area (Å²) < 4.78 is 0. The SMILES string of the molecule is CB(O)CCC[C@H]1[C@@H]2CN(C(=O)[C@H](C)N)C[C@@H]2C[C@@]1(N)C(=O)O. The van der Waals surface area contributed by atoms with Gasteiger partial charge in [-0.25, -0.2) is 0 Å². The fraction of sp³-hybridized carbons (Fsp3) is 0.867. The van der Waals surface area contributed by atoms with E-state index in [1.807, 2.05) is 0 Å². The van der Waals surface area contributed by atoms with E-state index in [0.717, 1.165) is 6.42 Å². The lowest BCUT2D eigenvalue weighted by Gasteiger charge is -2.31. The van der Waals surface area contributed by atoms with Crippen LogP contribution in [0.1, 0.15) is 26.2 Å². The van der Waals surface area contributed by atoms with Crippen LogP contribution in [0.3, 0.4) is 0 Å². The average molecular weight is 325 g/mol. The molecule has 7 nitrogen and oxygen atoms in total. The fourth-order valence-corrected chi connectivity index (χ4v) is 4.35. The first-order valence-electron chi connectivity index (χ1n) is 8.41. The van der Waals surface area contributed by atoms with Gasteiger partial charge in [-0.1, -0.05) is 13.2 Å². The Bertz CT molecular complexity index is 474. The zero-order valence-electron chi connectivity index (χ0n) is 13.9. The van der Waals surface area contributed by atoms with Crippen molar-refractivity contribution in [3.8, 4) is 0 Å². The minimum Gasteiger partial charge on any atom is -0.480 e. The van der Waals surface area contributed by atoms with Crippen LogP contribution in [0, 0.1) is 17.8 Å². The van der Waals surface area contributed by atoms with Gasteiger partial charge in [0.15, 0.2) is 0 Å². The number of carboxylic acids is 1. The molecule has 8 heteroatoms. The second-order valence-electron chi connectivity index (χ2n) is 7.39. The molecule has 1 saturated heterocycles. The lowest BCUT2D eigenvalue weighted by molar-refractivity contribution is -0.145. The minimum absolute atomic E-state index is 0.0833. The number of likely N-dealkylation sites (tertiary alicyclic amines) is 1. The molecule has 1 heterocycles. The number of hydrogen-bond acceptors (Lipinski definition) is 5. The lowest BCUT2D eigenvalue weighted by atomic mass is 9.65. The van der Waals surface area contributed by atoms with E-state index in [-0.39, 0.29) is 23.7 Å². The summed E-state index contributed by atoms with van der Waals surface area (Å²) in [6.45, 7) is 4.08. The van der Waals surface area contributed by atoms with E-state index in [2.05, 4.69) is 0 Å². The third-order valence-electron chi connectivity index (χ3n) is 5.51. The van der Waals surface area contributed by atoms with Gasteiger partial charge in [0.1, 0.15) is 5.54 Å². The van der Waals surface area contributed by atoms with Gasteiger partial charge in [-0.2, -0.15) is 0 Å². The molecule has 2 aliphatic rings. The van der Waals surface area contributed by atoms with Gasteiger partial charge < -0.3 is 26.5 Å². The lowest BCUT2D eigenvalue weighted by Crippen LogP contribution is -2.53. The molecule has 1 aliphatic heterocycles. The Balaban J connectivity index is 2.10.